The number of aromatic nitrogens is 1. The van der Waals surface area contributed by atoms with Crippen molar-refractivity contribution in [1.82, 2.24) is 4.98 Å². The van der Waals surface area contributed by atoms with Gasteiger partial charge in [0, 0.05) is 18.1 Å². The zero-order valence-electron chi connectivity index (χ0n) is 9.72. The molecule has 6 heteroatoms. The van der Waals surface area contributed by atoms with Crippen molar-refractivity contribution in [3.63, 3.8) is 0 Å². The average Bonchev–Trinajstić information content (AvgIpc) is 2.41. The second-order valence-electron chi connectivity index (χ2n) is 3.63. The molecule has 94 valence electrons. The van der Waals surface area contributed by atoms with Gasteiger partial charge in [0.15, 0.2) is 0 Å². The second kappa shape index (κ2) is 5.98. The first kappa shape index (κ1) is 13.1. The number of hydrogen-bond acceptors (Lipinski definition) is 3. The van der Waals surface area contributed by atoms with Crippen LogP contribution in [-0.4, -0.2) is 11.0 Å². The van der Waals surface area contributed by atoms with Crippen LogP contribution < -0.4 is 10.6 Å². The third kappa shape index (κ3) is 3.53. The number of amides is 2. The lowest BCUT2D eigenvalue weighted by molar-refractivity contribution is 0.262. The molecular formula is C13H9BrN4O. The van der Waals surface area contributed by atoms with Gasteiger partial charge < -0.3 is 10.6 Å². The summed E-state index contributed by atoms with van der Waals surface area (Å²) in [6, 6.07) is 9.98. The minimum Gasteiger partial charge on any atom is -0.308 e. The van der Waals surface area contributed by atoms with Crippen molar-refractivity contribution in [3.05, 3.63) is 52.8 Å². The number of nitrogens with one attached hydrogen (secondary N) is 2. The molecule has 0 saturated carbocycles. The van der Waals surface area contributed by atoms with Crippen molar-refractivity contribution in [3.8, 4) is 6.07 Å². The number of benzene rings is 1. The predicted molar refractivity (Wildman–Crippen MR) is 75.7 cm³/mol. The van der Waals surface area contributed by atoms with Crippen LogP contribution in [0.3, 0.4) is 0 Å². The molecule has 0 aliphatic heterocycles. The molecule has 0 saturated heterocycles. The summed E-state index contributed by atoms with van der Waals surface area (Å²) >= 11 is 3.28. The summed E-state index contributed by atoms with van der Waals surface area (Å²) < 4.78 is 0.691. The van der Waals surface area contributed by atoms with Gasteiger partial charge in [-0.2, -0.15) is 5.26 Å². The molecule has 0 unspecified atom stereocenters. The van der Waals surface area contributed by atoms with E-state index in [1.165, 1.54) is 0 Å². The largest absolute Gasteiger partial charge is 0.323 e. The number of nitrogens with zero attached hydrogens (tertiary/aromatic N) is 2. The number of pyridine rings is 1. The standard InChI is InChI=1S/C13H9BrN4O/c14-11-8-16-5-4-12(11)18-13(19)17-10-3-1-2-9(6-10)7-15/h1-6,8H,(H2,16,17,18,19). The monoisotopic (exact) mass is 316 g/mol. The summed E-state index contributed by atoms with van der Waals surface area (Å²) in [5, 5.41) is 14.1. The Kier molecular flexibility index (Phi) is 4.11. The molecule has 19 heavy (non-hydrogen) atoms. The van der Waals surface area contributed by atoms with Crippen molar-refractivity contribution in [1.29, 1.82) is 5.26 Å². The fraction of sp³-hybridized carbons (Fsp3) is 0. The highest BCUT2D eigenvalue weighted by Gasteiger charge is 2.05. The molecule has 0 aliphatic rings. The number of hydrogen-bond donors (Lipinski definition) is 2. The number of halogens is 1. The lowest BCUT2D eigenvalue weighted by Gasteiger charge is -2.08. The predicted octanol–water partition coefficient (Wildman–Crippen LogP) is 3.36. The summed E-state index contributed by atoms with van der Waals surface area (Å²) in [7, 11) is 0. The maximum Gasteiger partial charge on any atom is 0.323 e. The van der Waals surface area contributed by atoms with Gasteiger partial charge in [0.1, 0.15) is 0 Å². The van der Waals surface area contributed by atoms with Gasteiger partial charge in [-0.15, -0.1) is 0 Å². The van der Waals surface area contributed by atoms with Gasteiger partial charge in [-0.3, -0.25) is 4.98 Å². The molecule has 0 spiro atoms. The number of rotatable bonds is 2. The SMILES string of the molecule is N#Cc1cccc(NC(=O)Nc2ccncc2Br)c1. The molecule has 2 amide bonds. The minimum absolute atomic E-state index is 0.387. The van der Waals surface area contributed by atoms with E-state index in [1.54, 1.807) is 42.7 Å². The van der Waals surface area contributed by atoms with E-state index < -0.39 is 0 Å². The molecule has 0 radical (unpaired) electrons. The highest BCUT2D eigenvalue weighted by molar-refractivity contribution is 9.10. The van der Waals surface area contributed by atoms with Crippen LogP contribution in [0.5, 0.6) is 0 Å². The molecule has 0 fully saturated rings. The number of urea groups is 1. The molecule has 0 aliphatic carbocycles. The third-order valence-electron chi connectivity index (χ3n) is 2.27. The Bertz CT molecular complexity index is 651. The second-order valence-corrected chi connectivity index (χ2v) is 4.48. The third-order valence-corrected chi connectivity index (χ3v) is 2.90. The first-order chi connectivity index (χ1) is 9.19. The van der Waals surface area contributed by atoms with Crippen molar-refractivity contribution >= 4 is 33.3 Å². The summed E-state index contributed by atoms with van der Waals surface area (Å²) in [6.07, 6.45) is 3.17. The topological polar surface area (TPSA) is 77.8 Å². The van der Waals surface area contributed by atoms with E-state index in [4.69, 9.17) is 5.26 Å². The van der Waals surface area contributed by atoms with Gasteiger partial charge in [0.2, 0.25) is 0 Å². The van der Waals surface area contributed by atoms with Crippen LogP contribution in [0.2, 0.25) is 0 Å². The van der Waals surface area contributed by atoms with Gasteiger partial charge in [-0.1, -0.05) is 6.07 Å². The Morgan fingerprint density at radius 1 is 1.32 bits per heavy atom. The zero-order valence-corrected chi connectivity index (χ0v) is 11.3. The number of nitriles is 1. The van der Waals surface area contributed by atoms with Crippen molar-refractivity contribution in [2.45, 2.75) is 0 Å². The molecule has 1 aromatic carbocycles. The molecule has 2 rings (SSSR count). The molecule has 1 heterocycles. The Balaban J connectivity index is 2.06. The van der Waals surface area contributed by atoms with Crippen molar-refractivity contribution < 1.29 is 4.79 Å². The van der Waals surface area contributed by atoms with Crippen LogP contribution in [0.1, 0.15) is 5.56 Å². The van der Waals surface area contributed by atoms with Gasteiger partial charge in [0.05, 0.1) is 21.8 Å². The van der Waals surface area contributed by atoms with Gasteiger partial charge in [-0.25, -0.2) is 4.79 Å². The maximum absolute atomic E-state index is 11.8. The number of carbonyl (C=O) groups excluding carboxylic acids is 1. The van der Waals surface area contributed by atoms with Gasteiger partial charge in [0.25, 0.3) is 0 Å². The first-order valence-corrected chi connectivity index (χ1v) is 6.16. The average molecular weight is 317 g/mol. The molecule has 0 bridgehead atoms. The fourth-order valence-electron chi connectivity index (χ4n) is 1.43. The van der Waals surface area contributed by atoms with E-state index in [0.29, 0.717) is 21.4 Å². The first-order valence-electron chi connectivity index (χ1n) is 5.37. The van der Waals surface area contributed by atoms with E-state index in [0.717, 1.165) is 0 Å². The Morgan fingerprint density at radius 2 is 2.16 bits per heavy atom. The molecule has 2 aromatic rings. The summed E-state index contributed by atoms with van der Waals surface area (Å²) in [6.45, 7) is 0. The van der Waals surface area contributed by atoms with Crippen LogP contribution in [0, 0.1) is 11.3 Å². The Labute approximate surface area is 118 Å². The van der Waals surface area contributed by atoms with E-state index in [9.17, 15) is 4.79 Å². The maximum atomic E-state index is 11.8. The number of anilines is 2. The lowest BCUT2D eigenvalue weighted by Crippen LogP contribution is -2.19. The van der Waals surface area contributed by atoms with Crippen LogP contribution in [-0.2, 0) is 0 Å². The minimum atomic E-state index is -0.387. The molecule has 0 atom stereocenters. The summed E-state index contributed by atoms with van der Waals surface area (Å²) in [4.78, 5) is 15.7. The number of carbonyl (C=O) groups is 1. The Morgan fingerprint density at radius 3 is 2.89 bits per heavy atom. The van der Waals surface area contributed by atoms with E-state index >= 15 is 0 Å². The fourth-order valence-corrected chi connectivity index (χ4v) is 1.78. The molecular weight excluding hydrogens is 308 g/mol. The summed E-state index contributed by atoms with van der Waals surface area (Å²) in [5.74, 6) is 0. The molecule has 1 aromatic heterocycles. The zero-order chi connectivity index (χ0) is 13.7. The van der Waals surface area contributed by atoms with Crippen molar-refractivity contribution in [2.24, 2.45) is 0 Å². The highest BCUT2D eigenvalue weighted by atomic mass is 79.9. The van der Waals surface area contributed by atoms with Gasteiger partial charge >= 0.3 is 6.03 Å². The van der Waals surface area contributed by atoms with Gasteiger partial charge in [-0.05, 0) is 40.2 Å². The normalized spacial score (nSPS) is 9.47. The van der Waals surface area contributed by atoms with Crippen LogP contribution >= 0.6 is 15.9 Å². The molecule has 2 N–H and O–H groups in total. The van der Waals surface area contributed by atoms with E-state index in [-0.39, 0.29) is 6.03 Å². The van der Waals surface area contributed by atoms with Crippen LogP contribution in [0.25, 0.3) is 0 Å². The van der Waals surface area contributed by atoms with E-state index in [2.05, 4.69) is 31.5 Å². The quantitative estimate of drug-likeness (QED) is 0.891. The van der Waals surface area contributed by atoms with E-state index in [1.807, 2.05) is 6.07 Å². The lowest BCUT2D eigenvalue weighted by atomic mass is 10.2. The van der Waals surface area contributed by atoms with Crippen molar-refractivity contribution in [2.75, 3.05) is 10.6 Å². The Hall–Kier alpha value is -2.39. The van der Waals surface area contributed by atoms with Crippen LogP contribution in [0.4, 0.5) is 16.2 Å². The smallest absolute Gasteiger partial charge is 0.308 e. The summed E-state index contributed by atoms with van der Waals surface area (Å²) in [5.41, 5.74) is 1.66. The molecule has 5 nitrogen and oxygen atoms in total. The highest BCUT2D eigenvalue weighted by Crippen LogP contribution is 2.20. The van der Waals surface area contributed by atoms with Crippen LogP contribution in [0.15, 0.2) is 47.2 Å².